The van der Waals surface area contributed by atoms with Crippen LogP contribution in [0.15, 0.2) is 35.8 Å². The lowest BCUT2D eigenvalue weighted by molar-refractivity contribution is 0.0545. The average molecular weight is 204 g/mol. The molecule has 0 saturated carbocycles. The Hall–Kier alpha value is -1.18. The summed E-state index contributed by atoms with van der Waals surface area (Å²) in [5.74, 6) is 3.06. The van der Waals surface area contributed by atoms with Gasteiger partial charge < -0.3 is 9.84 Å². The van der Waals surface area contributed by atoms with Crippen molar-refractivity contribution in [2.45, 2.75) is 19.3 Å². The van der Waals surface area contributed by atoms with Crippen molar-refractivity contribution in [3.8, 4) is 0 Å². The van der Waals surface area contributed by atoms with Gasteiger partial charge in [-0.3, -0.25) is 0 Å². The fourth-order valence-electron chi connectivity index (χ4n) is 2.95. The minimum absolute atomic E-state index is 0.371. The molecule has 15 heavy (non-hydrogen) atoms. The van der Waals surface area contributed by atoms with Crippen molar-refractivity contribution in [2.75, 3.05) is 6.61 Å². The summed E-state index contributed by atoms with van der Waals surface area (Å²) < 4.78 is 5.77. The lowest BCUT2D eigenvalue weighted by Gasteiger charge is -2.40. The van der Waals surface area contributed by atoms with Gasteiger partial charge in [-0.2, -0.15) is 0 Å². The molecule has 1 aliphatic heterocycles. The summed E-state index contributed by atoms with van der Waals surface area (Å²) in [5, 5.41) is 9.45. The van der Waals surface area contributed by atoms with Crippen molar-refractivity contribution in [3.63, 3.8) is 0 Å². The van der Waals surface area contributed by atoms with Crippen LogP contribution in [0.1, 0.15) is 19.3 Å². The second-order valence-electron chi connectivity index (χ2n) is 4.65. The van der Waals surface area contributed by atoms with Crippen LogP contribution >= 0.6 is 0 Å². The van der Waals surface area contributed by atoms with E-state index in [4.69, 9.17) is 4.74 Å². The number of hydrogen-bond donors (Lipinski definition) is 1. The fourth-order valence-corrected chi connectivity index (χ4v) is 2.95. The van der Waals surface area contributed by atoms with Gasteiger partial charge in [0, 0.05) is 11.8 Å². The first-order valence-electron chi connectivity index (χ1n) is 5.76. The van der Waals surface area contributed by atoms with E-state index in [0.29, 0.717) is 23.5 Å². The first kappa shape index (κ1) is 9.08. The predicted molar refractivity (Wildman–Crippen MR) is 58.2 cm³/mol. The summed E-state index contributed by atoms with van der Waals surface area (Å²) in [6.07, 6.45) is 11.8. The lowest BCUT2D eigenvalue weighted by atomic mass is 9.72. The van der Waals surface area contributed by atoms with Gasteiger partial charge in [0.05, 0.1) is 12.4 Å². The summed E-state index contributed by atoms with van der Waals surface area (Å²) >= 11 is 0. The molecule has 2 nitrogen and oxygen atoms in total. The highest BCUT2D eigenvalue weighted by atomic mass is 16.5. The van der Waals surface area contributed by atoms with Gasteiger partial charge in [0.25, 0.3) is 0 Å². The van der Waals surface area contributed by atoms with Crippen LogP contribution < -0.4 is 0 Å². The Morgan fingerprint density at radius 3 is 3.27 bits per heavy atom. The molecule has 3 aliphatic rings. The molecule has 2 heteroatoms. The molecule has 1 heterocycles. The maximum Gasteiger partial charge on any atom is 0.111 e. The molecule has 0 spiro atoms. The summed E-state index contributed by atoms with van der Waals surface area (Å²) in [4.78, 5) is 0. The molecule has 2 aliphatic carbocycles. The molecule has 3 rings (SSSR count). The van der Waals surface area contributed by atoms with E-state index in [9.17, 15) is 5.11 Å². The smallest absolute Gasteiger partial charge is 0.111 e. The zero-order valence-electron chi connectivity index (χ0n) is 8.73. The Morgan fingerprint density at radius 1 is 1.40 bits per heavy atom. The van der Waals surface area contributed by atoms with Gasteiger partial charge in [-0.25, -0.2) is 0 Å². The number of allylic oxidation sites excluding steroid dienone is 4. The Bertz CT molecular complexity index is 352. The molecule has 0 aromatic rings. The van der Waals surface area contributed by atoms with Crippen LogP contribution in [0, 0.1) is 17.8 Å². The molecule has 0 radical (unpaired) electrons. The van der Waals surface area contributed by atoms with Gasteiger partial charge in [-0.05, 0) is 43.4 Å². The van der Waals surface area contributed by atoms with E-state index in [-0.39, 0.29) is 0 Å². The normalized spacial score (nSPS) is 38.3. The predicted octanol–water partition coefficient (Wildman–Crippen LogP) is 2.94. The quantitative estimate of drug-likeness (QED) is 0.657. The van der Waals surface area contributed by atoms with E-state index < -0.39 is 0 Å². The van der Waals surface area contributed by atoms with Crippen molar-refractivity contribution < 1.29 is 9.84 Å². The molecule has 0 aromatic heterocycles. The molecule has 80 valence electrons. The Labute approximate surface area is 89.9 Å². The van der Waals surface area contributed by atoms with Crippen LogP contribution in [-0.2, 0) is 4.74 Å². The van der Waals surface area contributed by atoms with E-state index in [1.807, 2.05) is 12.2 Å². The number of rotatable bonds is 0. The first-order chi connectivity index (χ1) is 7.34. The van der Waals surface area contributed by atoms with Gasteiger partial charge in [0.2, 0.25) is 0 Å². The summed E-state index contributed by atoms with van der Waals surface area (Å²) in [5.41, 5.74) is 0. The molecular formula is C13H16O2. The molecule has 3 atom stereocenters. The highest BCUT2D eigenvalue weighted by molar-refractivity contribution is 5.24. The Kier molecular flexibility index (Phi) is 2.08. The SMILES string of the molecule is OC1=CC2COC3=CCCCC3C2C=C1. The topological polar surface area (TPSA) is 29.5 Å². The standard InChI is InChI=1S/C13H16O2/c14-10-5-6-11-9(7-10)8-15-13-4-2-1-3-12(11)13/h4-7,9,11-12,14H,1-3,8H2. The zero-order chi connectivity index (χ0) is 10.3. The molecule has 0 bridgehead atoms. The van der Waals surface area contributed by atoms with Crippen molar-refractivity contribution in [2.24, 2.45) is 17.8 Å². The number of ether oxygens (including phenoxy) is 1. The van der Waals surface area contributed by atoms with E-state index in [2.05, 4.69) is 12.2 Å². The van der Waals surface area contributed by atoms with Crippen LogP contribution in [0.4, 0.5) is 0 Å². The first-order valence-corrected chi connectivity index (χ1v) is 5.76. The number of fused-ring (bicyclic) bond motifs is 3. The highest BCUT2D eigenvalue weighted by Gasteiger charge is 2.37. The van der Waals surface area contributed by atoms with Gasteiger partial charge in [0.1, 0.15) is 5.76 Å². The van der Waals surface area contributed by atoms with Gasteiger partial charge >= 0.3 is 0 Å². The molecule has 0 aromatic carbocycles. The number of aliphatic hydroxyl groups excluding tert-OH is 1. The van der Waals surface area contributed by atoms with E-state index >= 15 is 0 Å². The van der Waals surface area contributed by atoms with Gasteiger partial charge in [-0.15, -0.1) is 0 Å². The van der Waals surface area contributed by atoms with Crippen LogP contribution in [0.25, 0.3) is 0 Å². The number of hydrogen-bond acceptors (Lipinski definition) is 2. The van der Waals surface area contributed by atoms with Gasteiger partial charge in [-0.1, -0.05) is 6.08 Å². The molecular weight excluding hydrogens is 188 g/mol. The van der Waals surface area contributed by atoms with E-state index in [1.54, 1.807) is 0 Å². The lowest BCUT2D eigenvalue weighted by Crippen LogP contribution is -2.34. The van der Waals surface area contributed by atoms with Crippen molar-refractivity contribution >= 4 is 0 Å². The summed E-state index contributed by atoms with van der Waals surface area (Å²) in [6.45, 7) is 0.724. The molecule has 1 saturated heterocycles. The molecule has 0 amide bonds. The van der Waals surface area contributed by atoms with Crippen molar-refractivity contribution in [1.29, 1.82) is 0 Å². The maximum atomic E-state index is 9.45. The van der Waals surface area contributed by atoms with Crippen molar-refractivity contribution in [1.82, 2.24) is 0 Å². The zero-order valence-corrected chi connectivity index (χ0v) is 8.73. The fraction of sp³-hybridized carbons (Fsp3) is 0.538. The van der Waals surface area contributed by atoms with E-state index in [0.717, 1.165) is 13.0 Å². The second-order valence-corrected chi connectivity index (χ2v) is 4.65. The second kappa shape index (κ2) is 3.44. The van der Waals surface area contributed by atoms with Crippen molar-refractivity contribution in [3.05, 3.63) is 35.8 Å². The summed E-state index contributed by atoms with van der Waals surface area (Å²) in [7, 11) is 0. The third-order valence-electron chi connectivity index (χ3n) is 3.71. The Morgan fingerprint density at radius 2 is 2.33 bits per heavy atom. The molecule has 1 N–H and O–H groups in total. The monoisotopic (exact) mass is 204 g/mol. The van der Waals surface area contributed by atoms with Crippen LogP contribution in [0.5, 0.6) is 0 Å². The van der Waals surface area contributed by atoms with Crippen LogP contribution in [-0.4, -0.2) is 11.7 Å². The van der Waals surface area contributed by atoms with Crippen LogP contribution in [0.2, 0.25) is 0 Å². The Balaban J connectivity index is 1.89. The van der Waals surface area contributed by atoms with Crippen LogP contribution in [0.3, 0.4) is 0 Å². The maximum absolute atomic E-state index is 9.45. The van der Waals surface area contributed by atoms with Gasteiger partial charge in [0.15, 0.2) is 0 Å². The average Bonchev–Trinajstić information content (AvgIpc) is 2.28. The minimum Gasteiger partial charge on any atom is -0.508 e. The third kappa shape index (κ3) is 1.48. The largest absolute Gasteiger partial charge is 0.508 e. The highest BCUT2D eigenvalue weighted by Crippen LogP contribution is 2.42. The minimum atomic E-state index is 0.371. The molecule has 3 unspecified atom stereocenters. The molecule has 1 fully saturated rings. The third-order valence-corrected chi connectivity index (χ3v) is 3.71. The number of aliphatic hydroxyl groups is 1. The summed E-state index contributed by atoms with van der Waals surface area (Å²) in [6, 6.07) is 0. The van der Waals surface area contributed by atoms with E-state index in [1.165, 1.54) is 18.6 Å².